The molecule has 2 aromatic heterocycles. The van der Waals surface area contributed by atoms with Gasteiger partial charge in [-0.1, -0.05) is 37.8 Å². The normalized spacial score (nSPS) is 18.9. The Morgan fingerprint density at radius 1 is 0.883 bits per heavy atom. The minimum absolute atomic E-state index is 0.0437. The van der Waals surface area contributed by atoms with Crippen molar-refractivity contribution in [3.05, 3.63) is 83.3 Å². The summed E-state index contributed by atoms with van der Waals surface area (Å²) in [6, 6.07) is 12.9. The van der Waals surface area contributed by atoms with Gasteiger partial charge in [0.15, 0.2) is 11.5 Å². The molecule has 3 aromatic rings. The summed E-state index contributed by atoms with van der Waals surface area (Å²) in [7, 11) is 0. The number of thioether (sulfide) groups is 1. The first-order chi connectivity index (χ1) is 29.3. The number of carbonyl (C=O) groups excluding carboxylic acids is 5. The second-order valence-corrected chi connectivity index (χ2v) is 17.4. The zero-order valence-electron chi connectivity index (χ0n) is 34.4. The summed E-state index contributed by atoms with van der Waals surface area (Å²) in [6.07, 6.45) is 17.0. The number of fused-ring (bicyclic) bond motifs is 1. The molecular weight excluding hydrogens is 779 g/mol. The van der Waals surface area contributed by atoms with Crippen LogP contribution in [0.2, 0.25) is 0 Å². The first kappa shape index (κ1) is 43.0. The van der Waals surface area contributed by atoms with Gasteiger partial charge in [-0.2, -0.15) is 0 Å². The monoisotopic (exact) mass is 835 g/mol. The quantitative estimate of drug-likeness (QED) is 0.0772. The number of anilines is 1. The lowest BCUT2D eigenvalue weighted by Crippen LogP contribution is -2.52. The van der Waals surface area contributed by atoms with Crippen molar-refractivity contribution in [3.63, 3.8) is 0 Å². The molecule has 0 radical (unpaired) electrons. The Morgan fingerprint density at radius 3 is 2.48 bits per heavy atom. The molecule has 0 saturated carbocycles. The van der Waals surface area contributed by atoms with E-state index < -0.39 is 6.04 Å². The Hall–Kier alpha value is -5.15. The van der Waals surface area contributed by atoms with E-state index in [0.717, 1.165) is 125 Å². The van der Waals surface area contributed by atoms with Crippen molar-refractivity contribution in [2.24, 2.45) is 5.92 Å². The van der Waals surface area contributed by atoms with Gasteiger partial charge < -0.3 is 20.0 Å². The number of piperidine rings is 2. The number of imide groups is 1. The number of likely N-dealkylation sites (tertiary alicyclic amines) is 1. The van der Waals surface area contributed by atoms with Crippen LogP contribution in [-0.4, -0.2) is 124 Å². The van der Waals surface area contributed by atoms with Crippen molar-refractivity contribution < 1.29 is 24.0 Å². The number of unbranched alkanes of at least 4 members (excludes halogenated alkanes) is 4. The largest absolute Gasteiger partial charge is 0.353 e. The molecule has 4 aliphatic heterocycles. The van der Waals surface area contributed by atoms with Crippen molar-refractivity contribution in [2.75, 3.05) is 63.0 Å². The lowest BCUT2D eigenvalue weighted by molar-refractivity contribution is -0.137. The van der Waals surface area contributed by atoms with Crippen molar-refractivity contribution in [3.8, 4) is 0 Å². The zero-order chi connectivity index (χ0) is 41.7. The van der Waals surface area contributed by atoms with Gasteiger partial charge in [0.1, 0.15) is 6.04 Å². The van der Waals surface area contributed by atoms with Crippen LogP contribution in [0.1, 0.15) is 103 Å². The summed E-state index contributed by atoms with van der Waals surface area (Å²) >= 11 is 1.77. The molecule has 2 N–H and O–H groups in total. The zero-order valence-corrected chi connectivity index (χ0v) is 35.3. The van der Waals surface area contributed by atoms with Gasteiger partial charge in [0.25, 0.3) is 11.8 Å². The predicted octanol–water partition coefficient (Wildman–Crippen LogP) is 4.96. The summed E-state index contributed by atoms with van der Waals surface area (Å²) in [5, 5.41) is 14.1. The van der Waals surface area contributed by atoms with Gasteiger partial charge in [0.2, 0.25) is 17.7 Å². The van der Waals surface area contributed by atoms with Crippen LogP contribution in [0.15, 0.2) is 65.8 Å². The molecule has 5 amide bonds. The number of nitrogens with one attached hydrogen (secondary N) is 2. The van der Waals surface area contributed by atoms with E-state index in [-0.39, 0.29) is 36.0 Å². The number of benzene rings is 1. The molecular formula is C45H57N9O5S. The third-order valence-electron chi connectivity index (χ3n) is 12.1. The molecule has 15 heteroatoms. The molecule has 1 aromatic carbocycles. The number of piperazine rings is 1. The Bertz CT molecular complexity index is 1980. The molecule has 3 fully saturated rings. The molecule has 14 nitrogen and oxygen atoms in total. The van der Waals surface area contributed by atoms with Crippen molar-refractivity contribution >= 4 is 53.2 Å². The number of carbonyl (C=O) groups is 5. The van der Waals surface area contributed by atoms with Gasteiger partial charge in [0, 0.05) is 87.7 Å². The molecule has 1 unspecified atom stereocenters. The molecule has 7 rings (SSSR count). The van der Waals surface area contributed by atoms with Gasteiger partial charge in [-0.15, -0.1) is 22.0 Å². The summed E-state index contributed by atoms with van der Waals surface area (Å²) in [5.41, 5.74) is 2.91. The Balaban J connectivity index is 0.714. The van der Waals surface area contributed by atoms with Gasteiger partial charge >= 0.3 is 0 Å². The molecule has 318 valence electrons. The minimum atomic E-state index is -0.585. The fourth-order valence-electron chi connectivity index (χ4n) is 8.47. The third-order valence-corrected chi connectivity index (χ3v) is 13.1. The highest BCUT2D eigenvalue weighted by molar-refractivity contribution is 7.99. The average molecular weight is 836 g/mol. The fourth-order valence-corrected chi connectivity index (χ4v) is 9.42. The lowest BCUT2D eigenvalue weighted by atomic mass is 9.91. The maximum absolute atomic E-state index is 13.2. The van der Waals surface area contributed by atoms with Crippen LogP contribution in [0.3, 0.4) is 0 Å². The Morgan fingerprint density at radius 2 is 1.72 bits per heavy atom. The van der Waals surface area contributed by atoms with E-state index in [4.69, 9.17) is 0 Å². The Labute approximate surface area is 356 Å². The first-order valence-electron chi connectivity index (χ1n) is 21.7. The summed E-state index contributed by atoms with van der Waals surface area (Å²) in [5.74, 6) is 1.49. The number of amides is 5. The van der Waals surface area contributed by atoms with Crippen molar-refractivity contribution in [1.29, 1.82) is 0 Å². The maximum Gasteiger partial charge on any atom is 0.274 e. The number of hydrogen-bond donors (Lipinski definition) is 2. The van der Waals surface area contributed by atoms with E-state index >= 15 is 0 Å². The van der Waals surface area contributed by atoms with Crippen LogP contribution in [-0.2, 0) is 20.9 Å². The predicted molar refractivity (Wildman–Crippen MR) is 231 cm³/mol. The van der Waals surface area contributed by atoms with E-state index in [1.807, 2.05) is 41.3 Å². The first-order valence-corrected chi connectivity index (χ1v) is 22.7. The molecule has 4 aliphatic rings. The van der Waals surface area contributed by atoms with Crippen LogP contribution in [0.4, 0.5) is 5.82 Å². The minimum Gasteiger partial charge on any atom is -0.353 e. The number of hydrogen-bond acceptors (Lipinski definition) is 11. The molecule has 0 aliphatic carbocycles. The van der Waals surface area contributed by atoms with Crippen LogP contribution >= 0.6 is 11.8 Å². The number of nitrogens with zero attached hydrogens (tertiary/aromatic N) is 7. The standard InChI is InChI=1S/C45H57N9O5S/c55-41(16-10-34-9-7-20-46-31-34)47-21-4-3-8-33-18-23-53(24-19-33)45(59)38-13-15-40(50-49-38)52-27-25-51(26-28-52)22-5-1-2-6-29-60-36-12-11-35-32-54(44(58)37(35)30-36)39-14-17-42(56)48-43(39)57/h7,9-13,15-16,20,30-31,33,39H,1-6,8,14,17-19,21-29,32H2,(H,47,55)(H,48,56,57)/b16-10+. The average Bonchev–Trinajstić information content (AvgIpc) is 3.60. The number of aromatic nitrogens is 3. The van der Waals surface area contributed by atoms with Gasteiger partial charge in [-0.25, -0.2) is 0 Å². The summed E-state index contributed by atoms with van der Waals surface area (Å²) < 4.78 is 0. The van der Waals surface area contributed by atoms with Crippen molar-refractivity contribution in [1.82, 2.24) is 40.5 Å². The summed E-state index contributed by atoms with van der Waals surface area (Å²) in [4.78, 5) is 75.7. The number of pyridine rings is 1. The Kier molecular flexibility index (Phi) is 15.3. The van der Waals surface area contributed by atoms with E-state index in [1.54, 1.807) is 41.2 Å². The maximum atomic E-state index is 13.2. The highest BCUT2D eigenvalue weighted by atomic mass is 32.2. The SMILES string of the molecule is O=C(/C=C/c1cccnc1)NCCCCC1CCN(C(=O)c2ccc(N3CCN(CCCCCCSc4ccc5c(c4)C(=O)N(C4CCC(=O)NC4=O)C5)CC3)nn2)CC1. The van der Waals surface area contributed by atoms with Gasteiger partial charge in [0.05, 0.1) is 0 Å². The molecule has 60 heavy (non-hydrogen) atoms. The highest BCUT2D eigenvalue weighted by Gasteiger charge is 2.39. The third kappa shape index (κ3) is 11.8. The topological polar surface area (TPSA) is 161 Å². The summed E-state index contributed by atoms with van der Waals surface area (Å²) in [6.45, 7) is 7.34. The fraction of sp³-hybridized carbons (Fsp3) is 0.511. The van der Waals surface area contributed by atoms with Crippen LogP contribution in [0, 0.1) is 5.92 Å². The second kappa shape index (κ2) is 21.4. The molecule has 6 heterocycles. The molecule has 1 atom stereocenters. The molecule has 3 saturated heterocycles. The van der Waals surface area contributed by atoms with E-state index in [9.17, 15) is 24.0 Å². The van der Waals surface area contributed by atoms with Crippen LogP contribution < -0.4 is 15.5 Å². The van der Waals surface area contributed by atoms with Crippen molar-refractivity contribution in [2.45, 2.75) is 88.1 Å². The van der Waals surface area contributed by atoms with E-state index in [1.165, 1.54) is 6.42 Å². The smallest absolute Gasteiger partial charge is 0.274 e. The number of rotatable bonds is 18. The van der Waals surface area contributed by atoms with Crippen LogP contribution in [0.25, 0.3) is 6.08 Å². The van der Waals surface area contributed by atoms with E-state index in [0.29, 0.717) is 36.7 Å². The second-order valence-electron chi connectivity index (χ2n) is 16.2. The molecule has 0 bridgehead atoms. The lowest BCUT2D eigenvalue weighted by Gasteiger charge is -2.35. The van der Waals surface area contributed by atoms with Gasteiger partial charge in [-0.3, -0.25) is 39.2 Å². The molecule has 0 spiro atoms. The van der Waals surface area contributed by atoms with Crippen LogP contribution in [0.5, 0.6) is 0 Å². The van der Waals surface area contributed by atoms with E-state index in [2.05, 4.69) is 41.7 Å². The van der Waals surface area contributed by atoms with Gasteiger partial charge in [-0.05, 0) is 104 Å². The highest BCUT2D eigenvalue weighted by Crippen LogP contribution is 2.31.